The molecule has 1 N–H and O–H groups in total. The SMILES string of the molecule is BrCc1cccc(CBr)c1.C.COc1cc2c(cc1O)N=C[C@@H]1Cc3ccccc3CN1C2=O.COc1cc2c(cc1OCc1cccc(COc3cc4c(cc3OC)C(=O)N3Cc5ccccc5C[C@H]3C=N4)c1)N=C[C@@H]1Cc3ccccc3CN1C2=O.[CH3-]. The Morgan fingerprint density at radius 1 is 0.427 bits per heavy atom. The summed E-state index contributed by atoms with van der Waals surface area (Å²) in [4.78, 5) is 60.0. The molecule has 15 nitrogen and oxygen atoms in total. The number of hydrogen-bond donors (Lipinski definition) is 1. The maximum Gasteiger partial charge on any atom is 0.257 e. The molecule has 8 aromatic rings. The van der Waals surface area contributed by atoms with E-state index >= 15 is 0 Å². The van der Waals surface area contributed by atoms with Gasteiger partial charge in [-0.15, -0.1) is 0 Å². The highest BCUT2D eigenvalue weighted by Gasteiger charge is 2.36. The third-order valence-electron chi connectivity index (χ3n) is 16.4. The van der Waals surface area contributed by atoms with Crippen LogP contribution in [0.2, 0.25) is 0 Å². The van der Waals surface area contributed by atoms with Crippen molar-refractivity contribution in [2.24, 2.45) is 15.0 Å². The molecule has 0 saturated heterocycles. The van der Waals surface area contributed by atoms with E-state index in [-0.39, 0.29) is 75.4 Å². The number of amides is 3. The lowest BCUT2D eigenvalue weighted by atomic mass is 9.94. The van der Waals surface area contributed by atoms with Crippen molar-refractivity contribution in [3.63, 3.8) is 0 Å². The number of nitrogens with zero attached hydrogens (tertiary/aromatic N) is 6. The lowest BCUT2D eigenvalue weighted by molar-refractivity contribution is 0.0696. The number of aliphatic imine (C=N–C) groups is 3. The van der Waals surface area contributed by atoms with E-state index in [9.17, 15) is 19.5 Å². The first-order valence-corrected chi connectivity index (χ1v) is 30.9. The third-order valence-corrected chi connectivity index (χ3v) is 17.7. The molecule has 0 saturated carbocycles. The van der Waals surface area contributed by atoms with Gasteiger partial charge in [-0.25, -0.2) is 0 Å². The van der Waals surface area contributed by atoms with Crippen molar-refractivity contribution in [1.82, 2.24) is 14.7 Å². The van der Waals surface area contributed by atoms with Gasteiger partial charge in [0.2, 0.25) is 0 Å². The van der Waals surface area contributed by atoms with E-state index < -0.39 is 0 Å². The number of alkyl halides is 2. The number of ether oxygens (including phenoxy) is 5. The number of fused-ring (bicyclic) bond motifs is 9. The van der Waals surface area contributed by atoms with Gasteiger partial charge in [-0.3, -0.25) is 29.4 Å². The Kier molecular flexibility index (Phi) is 19.8. The molecular formula is C72H69Br2N6O9-. The highest BCUT2D eigenvalue weighted by atomic mass is 79.9. The second-order valence-electron chi connectivity index (χ2n) is 21.8. The van der Waals surface area contributed by atoms with E-state index in [1.54, 1.807) is 50.8 Å². The molecule has 0 aliphatic carbocycles. The van der Waals surface area contributed by atoms with E-state index in [2.05, 4.69) is 97.5 Å². The van der Waals surface area contributed by atoms with Crippen LogP contribution in [0, 0.1) is 7.43 Å². The molecule has 0 radical (unpaired) electrons. The Bertz CT molecular complexity index is 3880. The molecule has 3 amide bonds. The van der Waals surface area contributed by atoms with Crippen molar-refractivity contribution in [2.45, 2.75) is 88.3 Å². The van der Waals surface area contributed by atoms with Crippen molar-refractivity contribution in [1.29, 1.82) is 0 Å². The van der Waals surface area contributed by atoms with E-state index in [0.29, 0.717) is 76.4 Å². The quantitative estimate of drug-likeness (QED) is 0.0980. The lowest BCUT2D eigenvalue weighted by Crippen LogP contribution is -2.44. The number of benzene rings is 8. The van der Waals surface area contributed by atoms with Crippen LogP contribution in [0.5, 0.6) is 34.5 Å². The molecule has 14 rings (SSSR count). The molecule has 6 heterocycles. The molecule has 6 aliphatic rings. The molecule has 0 fully saturated rings. The predicted octanol–water partition coefficient (Wildman–Crippen LogP) is 14.7. The van der Waals surface area contributed by atoms with Gasteiger partial charge >= 0.3 is 0 Å². The van der Waals surface area contributed by atoms with E-state index in [1.807, 2.05) is 87.8 Å². The maximum atomic E-state index is 13.8. The zero-order valence-electron chi connectivity index (χ0n) is 49.2. The second-order valence-corrected chi connectivity index (χ2v) is 22.9. The smallest absolute Gasteiger partial charge is 0.257 e. The number of methoxy groups -OCH3 is 3. The molecule has 8 aromatic carbocycles. The van der Waals surface area contributed by atoms with Crippen LogP contribution in [-0.2, 0) is 62.8 Å². The minimum Gasteiger partial charge on any atom is -0.504 e. The fourth-order valence-electron chi connectivity index (χ4n) is 11.8. The van der Waals surface area contributed by atoms with Crippen LogP contribution >= 0.6 is 31.9 Å². The van der Waals surface area contributed by atoms with Gasteiger partial charge in [-0.05, 0) is 99.2 Å². The largest absolute Gasteiger partial charge is 0.504 e. The third kappa shape index (κ3) is 13.4. The van der Waals surface area contributed by atoms with Crippen LogP contribution < -0.4 is 23.7 Å². The van der Waals surface area contributed by atoms with Crippen LogP contribution in [0.4, 0.5) is 17.1 Å². The standard InChI is InChI=1S/C44H38N4O6.C18H16N2O3.C8H8Br2.CH4.CH3/c1-51-39-17-35-37(45-21-33-15-29-10-3-5-12-31(29)23-47(33)43(35)49)19-41(39)53-25-27-8-7-9-28(14-27)26-54-42-20-38-36(18-40(42)52-2)44(50)48-24-32-13-6-4-11-30(32)16-34(48)22-46-38;1-23-17-7-14-15(8-16(17)21)19-9-13-6-11-4-2-3-5-12(11)10-20(13)18(14)22;9-5-7-2-1-3-8(4-7)6-10;;/h3-14,17-22,33-34H,15-16,23-26H2,1-2H3;2-5,7-9,13,21H,6,10H2,1H3;1-4H,5-6H2;1H4;1H3/q;;;;-1/t33-,34-;13-;;;/m00.../s1. The minimum absolute atomic E-state index is 0. The monoisotopic (exact) mass is 1320 g/mol. The summed E-state index contributed by atoms with van der Waals surface area (Å²) in [6, 6.07) is 50.8. The average molecular weight is 1320 g/mol. The Morgan fingerprint density at radius 3 is 1.11 bits per heavy atom. The summed E-state index contributed by atoms with van der Waals surface area (Å²) in [5.41, 5.74) is 14.7. The summed E-state index contributed by atoms with van der Waals surface area (Å²) in [5.74, 6) is 1.94. The van der Waals surface area contributed by atoms with Crippen molar-refractivity contribution >= 4 is 85.3 Å². The molecular weight excluding hydrogens is 1250 g/mol. The molecule has 17 heteroatoms. The lowest BCUT2D eigenvalue weighted by Gasteiger charge is -2.34. The molecule has 89 heavy (non-hydrogen) atoms. The van der Waals surface area contributed by atoms with Gasteiger partial charge in [0.1, 0.15) is 13.2 Å². The van der Waals surface area contributed by atoms with Crippen LogP contribution in [0.25, 0.3) is 0 Å². The number of phenolic OH excluding ortho intramolecular Hbond substituents is 1. The zero-order chi connectivity index (χ0) is 60.1. The highest BCUT2D eigenvalue weighted by Crippen LogP contribution is 2.42. The van der Waals surface area contributed by atoms with Crippen LogP contribution in [0.3, 0.4) is 0 Å². The fraction of sp³-hybridized carbons (Fsp3) is 0.236. The number of hydrogen-bond acceptors (Lipinski definition) is 12. The molecule has 6 aliphatic heterocycles. The topological polar surface area (TPSA) is 164 Å². The molecule has 456 valence electrons. The summed E-state index contributed by atoms with van der Waals surface area (Å²) < 4.78 is 29.1. The summed E-state index contributed by atoms with van der Waals surface area (Å²) in [6.45, 7) is 2.14. The zero-order valence-corrected chi connectivity index (χ0v) is 52.4. The van der Waals surface area contributed by atoms with Gasteiger partial charge in [0.15, 0.2) is 34.5 Å². The molecule has 0 unspecified atom stereocenters. The molecule has 3 atom stereocenters. The average Bonchev–Trinajstić information content (AvgIpc) is 2.53. The summed E-state index contributed by atoms with van der Waals surface area (Å²) in [6.07, 6.45) is 7.73. The number of rotatable bonds is 11. The maximum absolute atomic E-state index is 13.8. The van der Waals surface area contributed by atoms with Gasteiger partial charge in [-0.2, -0.15) is 0 Å². The van der Waals surface area contributed by atoms with Crippen LogP contribution in [0.15, 0.2) is 173 Å². The number of halogens is 2. The van der Waals surface area contributed by atoms with Crippen molar-refractivity contribution in [2.75, 3.05) is 21.3 Å². The Labute approximate surface area is 536 Å². The fourth-order valence-corrected chi connectivity index (χ4v) is 12.5. The number of phenols is 1. The first kappa shape index (κ1) is 63.0. The Hall–Kier alpha value is -9.06. The second kappa shape index (κ2) is 28.0. The minimum atomic E-state index is -0.123. The summed E-state index contributed by atoms with van der Waals surface area (Å²) in [7, 11) is 4.60. The van der Waals surface area contributed by atoms with E-state index in [0.717, 1.165) is 52.2 Å². The molecule has 0 aromatic heterocycles. The van der Waals surface area contributed by atoms with Gasteiger partial charge in [-0.1, -0.05) is 155 Å². The van der Waals surface area contributed by atoms with Gasteiger partial charge in [0, 0.05) is 67.1 Å². The van der Waals surface area contributed by atoms with E-state index in [1.165, 1.54) is 46.6 Å². The molecule has 0 spiro atoms. The Morgan fingerprint density at radius 2 is 0.753 bits per heavy atom. The number of carbonyl (C=O) groups excluding carboxylic acids is 3. The van der Waals surface area contributed by atoms with E-state index in [4.69, 9.17) is 33.7 Å². The van der Waals surface area contributed by atoms with Crippen molar-refractivity contribution < 1.29 is 43.2 Å². The number of carbonyl (C=O) groups is 3. The summed E-state index contributed by atoms with van der Waals surface area (Å²) >= 11 is 6.81. The predicted molar refractivity (Wildman–Crippen MR) is 356 cm³/mol. The number of aromatic hydroxyl groups is 1. The Balaban J connectivity index is 0.000000204. The first-order chi connectivity index (χ1) is 42.5. The van der Waals surface area contributed by atoms with Gasteiger partial charge in [0.25, 0.3) is 17.7 Å². The van der Waals surface area contributed by atoms with Crippen LogP contribution in [0.1, 0.15) is 94.1 Å². The normalized spacial score (nSPS) is 16.8. The van der Waals surface area contributed by atoms with Crippen molar-refractivity contribution in [3.8, 4) is 34.5 Å². The van der Waals surface area contributed by atoms with Crippen LogP contribution in [-0.4, -0.2) is 95.6 Å². The molecule has 0 bridgehead atoms. The first-order valence-electron chi connectivity index (χ1n) is 28.6. The van der Waals surface area contributed by atoms with Gasteiger partial charge in [0.05, 0.1) is 73.2 Å². The summed E-state index contributed by atoms with van der Waals surface area (Å²) in [5, 5.41) is 11.8. The highest BCUT2D eigenvalue weighted by molar-refractivity contribution is 9.08. The van der Waals surface area contributed by atoms with Gasteiger partial charge < -0.3 is 50.9 Å². The van der Waals surface area contributed by atoms with Crippen molar-refractivity contribution in [3.05, 3.63) is 237 Å².